The third-order valence-corrected chi connectivity index (χ3v) is 15.7. The lowest BCUT2D eigenvalue weighted by atomic mass is 9.93. The summed E-state index contributed by atoms with van der Waals surface area (Å²) in [6.07, 6.45) is 5.22. The maximum absolute atomic E-state index is 14.7. The Morgan fingerprint density at radius 2 is 1.56 bits per heavy atom. The van der Waals surface area contributed by atoms with Gasteiger partial charge in [0.2, 0.25) is 20.0 Å². The number of unbranched alkanes of at least 4 members (excludes halogenated alkanes) is 1. The summed E-state index contributed by atoms with van der Waals surface area (Å²) in [5.74, 6) is 0.804. The zero-order valence-corrected chi connectivity index (χ0v) is 39.9. The van der Waals surface area contributed by atoms with Crippen LogP contribution in [0.1, 0.15) is 81.5 Å². The first-order valence-corrected chi connectivity index (χ1v) is 25.4. The van der Waals surface area contributed by atoms with Gasteiger partial charge in [0.15, 0.2) is 0 Å². The first kappa shape index (κ1) is 46.9. The van der Waals surface area contributed by atoms with E-state index in [1.165, 1.54) is 0 Å². The average molecular weight is 903 g/mol. The molecule has 1 saturated heterocycles. The van der Waals surface area contributed by atoms with Gasteiger partial charge in [-0.3, -0.25) is 0 Å². The molecule has 12 heteroatoms. The summed E-state index contributed by atoms with van der Waals surface area (Å²) in [6, 6.07) is 28.3. The van der Waals surface area contributed by atoms with Gasteiger partial charge in [-0.15, -0.1) is 0 Å². The minimum atomic E-state index is -3.93. The maximum Gasteiger partial charge on any atom is 0.243 e. The molecule has 4 aromatic carbocycles. The number of rotatable bonds is 17. The van der Waals surface area contributed by atoms with Crippen molar-refractivity contribution in [3.63, 3.8) is 0 Å². The normalized spacial score (nSPS) is 15.0. The number of ether oxygens (including phenoxy) is 1. The van der Waals surface area contributed by atoms with E-state index in [9.17, 15) is 16.8 Å². The number of nitrogens with zero attached hydrogens (tertiary/aromatic N) is 2. The second kappa shape index (κ2) is 20.0. The van der Waals surface area contributed by atoms with E-state index in [0.29, 0.717) is 67.0 Å². The van der Waals surface area contributed by atoms with E-state index in [2.05, 4.69) is 56.4 Å². The van der Waals surface area contributed by atoms with E-state index in [0.717, 1.165) is 81.4 Å². The topological polar surface area (TPSA) is 130 Å². The molecule has 1 fully saturated rings. The quantitative estimate of drug-likeness (QED) is 0.0688. The third kappa shape index (κ3) is 10.4. The smallest absolute Gasteiger partial charge is 0.243 e. The molecule has 0 spiro atoms. The standard InChI is InChI=1S/C52H62N4O6S2/c1-9-11-17-39(10-2)32-53-63(57,58)43-28-37(7)52(38(8)29-43)55-41-21-23-45-48(31-41)62-47-30-40(54-51-35(5)15-14-16-36(51)6)20-22-44(47)50(45)46-18-12-13-19-49(46)64(59,60)56-26-24-42(25-27-56)61-33-34(3)4/h12-16,18-23,28-31,39,42,53-54H,3,9-11,17,24-27,32-33H2,1-2,4-8H3. The summed E-state index contributed by atoms with van der Waals surface area (Å²) in [5, 5.41) is 4.95. The van der Waals surface area contributed by atoms with Crippen LogP contribution < -0.4 is 15.4 Å². The van der Waals surface area contributed by atoms with Crippen molar-refractivity contribution in [2.45, 2.75) is 103 Å². The fourth-order valence-corrected chi connectivity index (χ4v) is 11.6. The van der Waals surface area contributed by atoms with Crippen molar-refractivity contribution in [3.8, 4) is 22.5 Å². The van der Waals surface area contributed by atoms with Crippen molar-refractivity contribution >= 4 is 48.1 Å². The second-order valence-corrected chi connectivity index (χ2v) is 21.1. The van der Waals surface area contributed by atoms with Crippen LogP contribution in [0.25, 0.3) is 33.4 Å². The van der Waals surface area contributed by atoms with Gasteiger partial charge in [-0.05, 0) is 125 Å². The van der Waals surface area contributed by atoms with Crippen LogP contribution in [0.2, 0.25) is 0 Å². The van der Waals surface area contributed by atoms with Gasteiger partial charge in [-0.2, -0.15) is 4.31 Å². The number of fused-ring (bicyclic) bond motifs is 2. The Labute approximate surface area is 379 Å². The highest BCUT2D eigenvalue weighted by molar-refractivity contribution is 7.89. The Morgan fingerprint density at radius 1 is 0.859 bits per heavy atom. The number of hydrogen-bond acceptors (Lipinski definition) is 8. The van der Waals surface area contributed by atoms with E-state index >= 15 is 0 Å². The van der Waals surface area contributed by atoms with Crippen LogP contribution in [-0.2, 0) is 24.8 Å². The summed E-state index contributed by atoms with van der Waals surface area (Å²) in [5.41, 5.74) is 9.67. The van der Waals surface area contributed by atoms with Crippen molar-refractivity contribution in [1.82, 2.24) is 9.03 Å². The Kier molecular flexibility index (Phi) is 14.6. The van der Waals surface area contributed by atoms with E-state index < -0.39 is 20.0 Å². The fraction of sp³-hybridized carbons (Fsp3) is 0.365. The Hall–Kier alpha value is -5.11. The molecule has 4 aromatic rings. The predicted octanol–water partition coefficient (Wildman–Crippen LogP) is 11.7. The van der Waals surface area contributed by atoms with Crippen molar-refractivity contribution in [3.05, 3.63) is 131 Å². The molecule has 7 rings (SSSR count). The lowest BCUT2D eigenvalue weighted by molar-refractivity contribution is 0.0346. The van der Waals surface area contributed by atoms with E-state index in [4.69, 9.17) is 14.1 Å². The fourth-order valence-electron chi connectivity index (χ4n) is 8.64. The number of nitrogens with one attached hydrogen (secondary N) is 2. The van der Waals surface area contributed by atoms with Crippen LogP contribution in [0.4, 0.5) is 17.1 Å². The van der Waals surface area contributed by atoms with Crippen LogP contribution >= 0.6 is 0 Å². The highest BCUT2D eigenvalue weighted by atomic mass is 32.2. The largest absolute Gasteiger partial charge is 0.456 e. The van der Waals surface area contributed by atoms with Gasteiger partial charge >= 0.3 is 0 Å². The van der Waals surface area contributed by atoms with Gasteiger partial charge in [0, 0.05) is 65.2 Å². The maximum atomic E-state index is 14.7. The number of hydrogen-bond donors (Lipinski definition) is 2. The zero-order valence-electron chi connectivity index (χ0n) is 38.3. The molecule has 1 unspecified atom stereocenters. The molecule has 0 radical (unpaired) electrons. The lowest BCUT2D eigenvalue weighted by Gasteiger charge is -2.32. The number of benzene rings is 5. The first-order chi connectivity index (χ1) is 30.6. The molecule has 2 aliphatic heterocycles. The summed E-state index contributed by atoms with van der Waals surface area (Å²) >= 11 is 0. The van der Waals surface area contributed by atoms with E-state index in [1.54, 1.807) is 28.6 Å². The van der Waals surface area contributed by atoms with Crippen molar-refractivity contribution < 1.29 is 26.0 Å². The van der Waals surface area contributed by atoms with Gasteiger partial charge in [0.05, 0.1) is 33.5 Å². The molecule has 2 N–H and O–H groups in total. The van der Waals surface area contributed by atoms with Crippen molar-refractivity contribution in [1.29, 1.82) is 0 Å². The Bertz CT molecular complexity index is 2890. The molecular weight excluding hydrogens is 841 g/mol. The van der Waals surface area contributed by atoms with Gasteiger partial charge in [0.25, 0.3) is 0 Å². The minimum absolute atomic E-state index is 0.0257. The zero-order chi connectivity index (χ0) is 45.8. The molecule has 64 heavy (non-hydrogen) atoms. The second-order valence-electron chi connectivity index (χ2n) is 17.4. The van der Waals surface area contributed by atoms with Crippen LogP contribution in [0.15, 0.2) is 122 Å². The predicted molar refractivity (Wildman–Crippen MR) is 260 cm³/mol. The van der Waals surface area contributed by atoms with E-state index in [-0.39, 0.29) is 21.8 Å². The third-order valence-electron chi connectivity index (χ3n) is 12.3. The summed E-state index contributed by atoms with van der Waals surface area (Å²) in [7, 11) is -7.66. The van der Waals surface area contributed by atoms with Crippen LogP contribution in [0.5, 0.6) is 0 Å². The minimum Gasteiger partial charge on any atom is -0.456 e. The highest BCUT2D eigenvalue weighted by Gasteiger charge is 2.33. The highest BCUT2D eigenvalue weighted by Crippen LogP contribution is 2.44. The Morgan fingerprint density at radius 3 is 2.23 bits per heavy atom. The Balaban J connectivity index is 1.32. The lowest BCUT2D eigenvalue weighted by Crippen LogP contribution is -2.41. The summed E-state index contributed by atoms with van der Waals surface area (Å²) in [4.78, 5) is 5.49. The van der Waals surface area contributed by atoms with Crippen molar-refractivity contribution in [2.75, 3.05) is 31.6 Å². The van der Waals surface area contributed by atoms with Crippen LogP contribution in [0, 0.1) is 33.6 Å². The molecule has 0 saturated carbocycles. The number of para-hydroxylation sites is 1. The summed E-state index contributed by atoms with van der Waals surface area (Å²) in [6.45, 7) is 19.5. The molecule has 0 aromatic heterocycles. The van der Waals surface area contributed by atoms with Crippen molar-refractivity contribution in [2.24, 2.45) is 10.9 Å². The van der Waals surface area contributed by atoms with Crippen LogP contribution in [-0.4, -0.2) is 53.5 Å². The number of sulfonamides is 2. The molecule has 10 nitrogen and oxygen atoms in total. The molecular formula is C52H62N4O6S2. The van der Waals surface area contributed by atoms with Gasteiger partial charge in [-0.25, -0.2) is 26.6 Å². The van der Waals surface area contributed by atoms with Gasteiger partial charge in [0.1, 0.15) is 11.3 Å². The molecule has 1 aliphatic carbocycles. The molecule has 1 atom stereocenters. The molecule has 338 valence electrons. The molecule has 2 heterocycles. The summed E-state index contributed by atoms with van der Waals surface area (Å²) < 4.78 is 73.5. The van der Waals surface area contributed by atoms with E-state index in [1.807, 2.05) is 75.4 Å². The molecule has 0 bridgehead atoms. The first-order valence-electron chi connectivity index (χ1n) is 22.4. The SMILES string of the molecule is C=C(C)COC1CCN(S(=O)(=O)c2ccccc2-c2c3ccc(=Nc4c(C)cc(S(=O)(=O)NCC(CC)CCCC)cc4C)cc-3oc3cc(Nc4c(C)cccc4C)ccc23)CC1. The van der Waals surface area contributed by atoms with Gasteiger partial charge < -0.3 is 14.5 Å². The van der Waals surface area contributed by atoms with Gasteiger partial charge in [-0.1, -0.05) is 81.7 Å². The number of piperidine rings is 1. The number of aryl methyl sites for hydroxylation is 4. The van der Waals surface area contributed by atoms with Crippen LogP contribution in [0.3, 0.4) is 0 Å². The monoisotopic (exact) mass is 902 g/mol. The number of anilines is 2. The molecule has 0 amide bonds. The molecule has 3 aliphatic rings. The average Bonchev–Trinajstić information content (AvgIpc) is 3.27.